The van der Waals surface area contributed by atoms with Crippen LogP contribution in [-0.4, -0.2) is 65.2 Å². The first-order valence-electron chi connectivity index (χ1n) is 21.5. The number of hydrogen-bond donors (Lipinski definition) is 1. The first kappa shape index (κ1) is 42.2. The van der Waals surface area contributed by atoms with Crippen LogP contribution in [0.4, 0.5) is 0 Å². The van der Waals surface area contributed by atoms with E-state index >= 15 is 0 Å². The quantitative estimate of drug-likeness (QED) is 0.103. The van der Waals surface area contributed by atoms with E-state index in [0.29, 0.717) is 37.7 Å². The molecule has 4 saturated carbocycles. The first-order valence-corrected chi connectivity index (χ1v) is 21.5. The highest BCUT2D eigenvalue weighted by atomic mass is 16.5. The minimum atomic E-state index is -0.636. The van der Waals surface area contributed by atoms with Gasteiger partial charge in [-0.2, -0.15) is 0 Å². The number of carbonyl (C=O) groups is 4. The maximum absolute atomic E-state index is 14.2. The van der Waals surface area contributed by atoms with E-state index < -0.39 is 12.2 Å². The number of amides is 1. The zero-order valence-corrected chi connectivity index (χ0v) is 35.1. The van der Waals surface area contributed by atoms with Gasteiger partial charge < -0.3 is 24.2 Å². The lowest BCUT2D eigenvalue weighted by Crippen LogP contribution is -2.65. The van der Waals surface area contributed by atoms with Crippen LogP contribution in [0, 0.1) is 39.9 Å². The molecule has 5 aliphatic rings. The number of esters is 3. The molecular weight excluding hydrogens is 707 g/mol. The largest absolute Gasteiger partial charge is 0.462 e. The van der Waals surface area contributed by atoms with Gasteiger partial charge in [0.25, 0.3) is 0 Å². The van der Waals surface area contributed by atoms with Crippen LogP contribution in [0.3, 0.4) is 0 Å². The molecule has 1 N–H and O–H groups in total. The van der Waals surface area contributed by atoms with Crippen molar-refractivity contribution in [3.05, 3.63) is 58.7 Å². The third-order valence-electron chi connectivity index (χ3n) is 15.3. The number of piperidine rings is 1. The molecule has 56 heavy (non-hydrogen) atoms. The van der Waals surface area contributed by atoms with E-state index in [1.807, 2.05) is 49.1 Å². The molecule has 9 nitrogen and oxygen atoms in total. The molecule has 0 bridgehead atoms. The van der Waals surface area contributed by atoms with Crippen molar-refractivity contribution in [3.63, 3.8) is 0 Å². The van der Waals surface area contributed by atoms with Gasteiger partial charge in [0, 0.05) is 32.0 Å². The minimum absolute atomic E-state index is 0.0345. The number of allylic oxidation sites excluding steroid dienone is 2. The number of hydrogen-bond acceptors (Lipinski definition) is 8. The molecule has 1 heterocycles. The second-order valence-electron chi connectivity index (χ2n) is 18.8. The Labute approximate surface area is 335 Å². The Morgan fingerprint density at radius 2 is 1.61 bits per heavy atom. The number of aliphatic hydroxyl groups excluding tert-OH is 1. The minimum Gasteiger partial charge on any atom is -0.462 e. The van der Waals surface area contributed by atoms with Gasteiger partial charge in [-0.25, -0.2) is 4.79 Å². The van der Waals surface area contributed by atoms with Crippen LogP contribution in [0.5, 0.6) is 0 Å². The molecule has 0 radical (unpaired) electrons. The monoisotopic (exact) mass is 773 g/mol. The molecule has 1 saturated heterocycles. The highest BCUT2D eigenvalue weighted by molar-refractivity contribution is 5.90. The summed E-state index contributed by atoms with van der Waals surface area (Å²) in [5, 5.41) is 12.5. The van der Waals surface area contributed by atoms with Crippen molar-refractivity contribution < 1.29 is 38.5 Å². The molecule has 0 aromatic heterocycles. The molecule has 0 unspecified atom stereocenters. The maximum atomic E-state index is 14.2. The molecule has 9 heteroatoms. The number of benzene rings is 1. The lowest BCUT2D eigenvalue weighted by atomic mass is 9.36. The van der Waals surface area contributed by atoms with E-state index in [9.17, 15) is 24.3 Å². The van der Waals surface area contributed by atoms with Crippen molar-refractivity contribution in [2.75, 3.05) is 13.1 Å². The van der Waals surface area contributed by atoms with Crippen LogP contribution in [0.1, 0.15) is 138 Å². The van der Waals surface area contributed by atoms with Gasteiger partial charge in [0.2, 0.25) is 5.91 Å². The van der Waals surface area contributed by atoms with Gasteiger partial charge in [-0.15, -0.1) is 0 Å². The third kappa shape index (κ3) is 8.26. The molecule has 6 rings (SSSR count). The van der Waals surface area contributed by atoms with E-state index in [4.69, 9.17) is 14.2 Å². The molecule has 1 aromatic carbocycles. The second kappa shape index (κ2) is 17.2. The van der Waals surface area contributed by atoms with E-state index in [0.717, 1.165) is 68.3 Å². The standard InChI is InChI=1S/C47H67NO8/c1-30(2)15-14-18-34(44(53)54-29-33-16-10-8-11-17-33)42-36-27-37(50)43-45(5)23-22-38(56-41(52)20-19-40(51)48-25-12-9-13-26-48)31(3)35(45)21-24-46(43,6)47(36,7)28-39(42)55-32(4)49/h8,10-11,15-17,31,35-39,43,50H,9,12-14,18-29H2,1-7H3/b42-34-/t31-,35-,36-,37+,38+,39-,43-,45-,46-,47-/m0/s1. The molecule has 0 spiro atoms. The Kier molecular flexibility index (Phi) is 12.9. The fourth-order valence-corrected chi connectivity index (χ4v) is 12.5. The average Bonchev–Trinajstić information content (AvgIpc) is 3.43. The van der Waals surface area contributed by atoms with Gasteiger partial charge in [0.05, 0.1) is 12.5 Å². The van der Waals surface area contributed by atoms with Crippen molar-refractivity contribution >= 4 is 23.8 Å². The van der Waals surface area contributed by atoms with E-state index in [-0.39, 0.29) is 89.3 Å². The van der Waals surface area contributed by atoms with E-state index in [1.165, 1.54) is 6.92 Å². The number of likely N-dealkylation sites (tertiary alicyclic amines) is 1. The molecule has 1 aromatic rings. The number of rotatable bonds is 11. The van der Waals surface area contributed by atoms with Gasteiger partial charge in [-0.1, -0.05) is 69.7 Å². The lowest BCUT2D eigenvalue weighted by Gasteiger charge is -2.69. The molecule has 10 atom stereocenters. The number of aliphatic hydroxyl groups is 1. The normalized spacial score (nSPS) is 35.9. The van der Waals surface area contributed by atoms with Crippen LogP contribution in [-0.2, 0) is 40.0 Å². The van der Waals surface area contributed by atoms with Gasteiger partial charge in [0.15, 0.2) is 0 Å². The van der Waals surface area contributed by atoms with E-state index in [1.54, 1.807) is 0 Å². The predicted octanol–water partition coefficient (Wildman–Crippen LogP) is 8.67. The summed E-state index contributed by atoms with van der Waals surface area (Å²) in [6, 6.07) is 9.65. The van der Waals surface area contributed by atoms with E-state index in [2.05, 4.69) is 33.8 Å². The summed E-state index contributed by atoms with van der Waals surface area (Å²) in [5.74, 6) is -0.885. The zero-order valence-electron chi connectivity index (χ0n) is 35.1. The molecule has 5 fully saturated rings. The van der Waals surface area contributed by atoms with Crippen LogP contribution >= 0.6 is 0 Å². The predicted molar refractivity (Wildman–Crippen MR) is 215 cm³/mol. The summed E-state index contributed by atoms with van der Waals surface area (Å²) < 4.78 is 18.3. The summed E-state index contributed by atoms with van der Waals surface area (Å²) in [6.07, 6.45) is 9.66. The fraction of sp³-hybridized carbons (Fsp3) is 0.702. The molecule has 1 aliphatic heterocycles. The molecule has 1 amide bonds. The van der Waals surface area contributed by atoms with Gasteiger partial charge in [-0.3, -0.25) is 14.4 Å². The highest BCUT2D eigenvalue weighted by Crippen LogP contribution is 2.74. The summed E-state index contributed by atoms with van der Waals surface area (Å²) in [5.41, 5.74) is 2.56. The number of nitrogens with zero attached hydrogens (tertiary/aromatic N) is 1. The molecule has 308 valence electrons. The zero-order chi connectivity index (χ0) is 40.4. The Morgan fingerprint density at radius 1 is 0.893 bits per heavy atom. The smallest absolute Gasteiger partial charge is 0.334 e. The Bertz CT molecular complexity index is 1680. The summed E-state index contributed by atoms with van der Waals surface area (Å²) in [4.78, 5) is 54.7. The highest BCUT2D eigenvalue weighted by Gasteiger charge is 2.71. The Morgan fingerprint density at radius 3 is 2.29 bits per heavy atom. The van der Waals surface area contributed by atoms with Gasteiger partial charge in [0.1, 0.15) is 18.8 Å². The molecule has 4 aliphatic carbocycles. The van der Waals surface area contributed by atoms with Crippen molar-refractivity contribution in [1.29, 1.82) is 0 Å². The van der Waals surface area contributed by atoms with Crippen LogP contribution in [0.25, 0.3) is 0 Å². The maximum Gasteiger partial charge on any atom is 0.334 e. The van der Waals surface area contributed by atoms with Gasteiger partial charge in [-0.05, 0) is 136 Å². The van der Waals surface area contributed by atoms with Gasteiger partial charge >= 0.3 is 17.9 Å². The van der Waals surface area contributed by atoms with Crippen LogP contribution in [0.2, 0.25) is 0 Å². The van der Waals surface area contributed by atoms with Crippen LogP contribution < -0.4 is 0 Å². The first-order chi connectivity index (χ1) is 26.6. The topological polar surface area (TPSA) is 119 Å². The van der Waals surface area contributed by atoms with Crippen LogP contribution in [0.15, 0.2) is 53.1 Å². The van der Waals surface area contributed by atoms with Crippen molar-refractivity contribution in [3.8, 4) is 0 Å². The third-order valence-corrected chi connectivity index (χ3v) is 15.3. The van der Waals surface area contributed by atoms with Crippen molar-refractivity contribution in [1.82, 2.24) is 4.90 Å². The fourth-order valence-electron chi connectivity index (χ4n) is 12.5. The van der Waals surface area contributed by atoms with Crippen molar-refractivity contribution in [2.24, 2.45) is 39.9 Å². The number of ether oxygens (including phenoxy) is 3. The lowest BCUT2D eigenvalue weighted by molar-refractivity contribution is -0.236. The summed E-state index contributed by atoms with van der Waals surface area (Å²) >= 11 is 0. The molecular formula is C47H67NO8. The summed E-state index contributed by atoms with van der Waals surface area (Å²) in [7, 11) is 0. The average molecular weight is 774 g/mol. The van der Waals surface area contributed by atoms with Crippen molar-refractivity contribution in [2.45, 2.75) is 157 Å². The number of carbonyl (C=O) groups excluding carboxylic acids is 4. The Hall–Kier alpha value is -3.46. The summed E-state index contributed by atoms with van der Waals surface area (Å²) in [6.45, 7) is 16.4. The Balaban J connectivity index is 1.25. The number of fused-ring (bicyclic) bond motifs is 5. The second-order valence-corrected chi connectivity index (χ2v) is 18.8. The SMILES string of the molecule is CC(=O)O[C@H]1C[C@@]2(C)[C@@H](C[C@@H](O)[C@H]3[C@@]4(C)CC[C@@H](OC(=O)CCC(=O)N5CCCCC5)[C@@H](C)[C@@H]4CC[C@@]32C)/C1=C(\CCC=C(C)C)C(=O)OCc1ccccc1.